The lowest BCUT2D eigenvalue weighted by Gasteiger charge is -2.22. The highest BCUT2D eigenvalue weighted by Crippen LogP contribution is 2.16. The van der Waals surface area contributed by atoms with Gasteiger partial charge in [0, 0.05) is 52.2 Å². The van der Waals surface area contributed by atoms with Crippen LogP contribution in [-0.4, -0.2) is 65.5 Å². The Kier molecular flexibility index (Phi) is 6.64. The van der Waals surface area contributed by atoms with Crippen molar-refractivity contribution in [1.29, 1.82) is 0 Å². The predicted octanol–water partition coefficient (Wildman–Crippen LogP) is 0.774. The van der Waals surface area contributed by atoms with Gasteiger partial charge in [-0.1, -0.05) is 6.92 Å². The molecule has 2 rings (SSSR count). The molecule has 1 atom stereocenters. The molecular weight excluding hydrogens is 280 g/mol. The number of aryl methyl sites for hydroxylation is 1. The predicted molar refractivity (Wildman–Crippen MR) is 86.9 cm³/mol. The van der Waals surface area contributed by atoms with E-state index in [1.54, 1.807) is 6.33 Å². The molecule has 2 heterocycles. The van der Waals surface area contributed by atoms with E-state index in [0.717, 1.165) is 57.6 Å². The van der Waals surface area contributed by atoms with Gasteiger partial charge in [-0.3, -0.25) is 4.99 Å². The van der Waals surface area contributed by atoms with Gasteiger partial charge in [-0.05, 0) is 13.3 Å². The van der Waals surface area contributed by atoms with Gasteiger partial charge in [0.15, 0.2) is 5.96 Å². The average molecular weight is 308 g/mol. The first kappa shape index (κ1) is 16.7. The minimum absolute atomic E-state index is 0.614. The molecule has 0 amide bonds. The molecule has 0 bridgehead atoms. The number of nitrogens with one attached hydrogen (secondary N) is 1. The summed E-state index contributed by atoms with van der Waals surface area (Å²) in [4.78, 5) is 6.71. The van der Waals surface area contributed by atoms with E-state index >= 15 is 0 Å². The summed E-state index contributed by atoms with van der Waals surface area (Å²) in [5.74, 6) is 2.61. The quantitative estimate of drug-likeness (QED) is 0.595. The Bertz CT molecular complexity index is 472. The summed E-state index contributed by atoms with van der Waals surface area (Å²) < 4.78 is 7.62. The molecule has 0 aliphatic carbocycles. The average Bonchev–Trinajstić information content (AvgIpc) is 3.18. The largest absolute Gasteiger partial charge is 0.381 e. The summed E-state index contributed by atoms with van der Waals surface area (Å²) in [6, 6.07) is 0. The lowest BCUT2D eigenvalue weighted by Crippen LogP contribution is -2.41. The van der Waals surface area contributed by atoms with Crippen LogP contribution in [0.5, 0.6) is 0 Å². The van der Waals surface area contributed by atoms with Crippen molar-refractivity contribution in [3.8, 4) is 0 Å². The van der Waals surface area contributed by atoms with E-state index in [9.17, 15) is 0 Å². The van der Waals surface area contributed by atoms with Crippen LogP contribution >= 0.6 is 0 Å². The number of aromatic nitrogens is 3. The second-order valence-electron chi connectivity index (χ2n) is 5.53. The van der Waals surface area contributed by atoms with Crippen LogP contribution in [-0.2, 0) is 17.7 Å². The van der Waals surface area contributed by atoms with Crippen molar-refractivity contribution < 1.29 is 4.74 Å². The van der Waals surface area contributed by atoms with E-state index in [1.807, 2.05) is 14.0 Å². The molecule has 1 saturated heterocycles. The third-order valence-corrected chi connectivity index (χ3v) is 4.00. The Morgan fingerprint density at radius 3 is 3.09 bits per heavy atom. The van der Waals surface area contributed by atoms with Crippen molar-refractivity contribution in [2.24, 2.45) is 10.9 Å². The first-order valence-electron chi connectivity index (χ1n) is 8.18. The summed E-state index contributed by atoms with van der Waals surface area (Å²) in [7, 11) is 1.84. The van der Waals surface area contributed by atoms with Crippen LogP contribution in [0.3, 0.4) is 0 Å². The highest BCUT2D eigenvalue weighted by Gasteiger charge is 2.24. The monoisotopic (exact) mass is 308 g/mol. The molecule has 124 valence electrons. The number of hydrogen-bond acceptors (Lipinski definition) is 4. The molecule has 0 spiro atoms. The van der Waals surface area contributed by atoms with Gasteiger partial charge in [0.1, 0.15) is 12.2 Å². The fourth-order valence-corrected chi connectivity index (χ4v) is 2.81. The van der Waals surface area contributed by atoms with Gasteiger partial charge in [-0.15, -0.1) is 10.2 Å². The highest BCUT2D eigenvalue weighted by molar-refractivity contribution is 5.80. The lowest BCUT2D eigenvalue weighted by molar-refractivity contribution is 0.114. The molecule has 22 heavy (non-hydrogen) atoms. The molecule has 1 N–H and O–H groups in total. The third-order valence-electron chi connectivity index (χ3n) is 4.00. The van der Waals surface area contributed by atoms with Crippen LogP contribution in [0.2, 0.25) is 0 Å². The summed E-state index contributed by atoms with van der Waals surface area (Å²) in [6.45, 7) is 9.53. The van der Waals surface area contributed by atoms with Crippen LogP contribution in [0.15, 0.2) is 11.3 Å². The second kappa shape index (κ2) is 8.73. The van der Waals surface area contributed by atoms with E-state index in [2.05, 4.69) is 36.9 Å². The number of hydrogen-bond donors (Lipinski definition) is 1. The first-order valence-corrected chi connectivity index (χ1v) is 8.18. The number of nitrogens with zero attached hydrogens (tertiary/aromatic N) is 5. The molecule has 1 unspecified atom stereocenters. The van der Waals surface area contributed by atoms with Crippen LogP contribution in [0.4, 0.5) is 0 Å². The molecular formula is C15H28N6O. The smallest absolute Gasteiger partial charge is 0.193 e. The lowest BCUT2D eigenvalue weighted by atomic mass is 10.1. The second-order valence-corrected chi connectivity index (χ2v) is 5.53. The standard InChI is InChI=1S/C15H28N6O/c1-4-14-19-18-12-21(14)9-7-17-15(16-3)20-8-6-13(10-20)11-22-5-2/h12-13H,4-11H2,1-3H3,(H,16,17). The Morgan fingerprint density at radius 2 is 2.36 bits per heavy atom. The number of aliphatic imine (C=N–C) groups is 1. The maximum Gasteiger partial charge on any atom is 0.193 e. The van der Waals surface area contributed by atoms with E-state index in [4.69, 9.17) is 4.74 Å². The van der Waals surface area contributed by atoms with Gasteiger partial charge in [0.2, 0.25) is 0 Å². The van der Waals surface area contributed by atoms with Crippen molar-refractivity contribution in [3.63, 3.8) is 0 Å². The molecule has 7 nitrogen and oxygen atoms in total. The normalized spacial score (nSPS) is 19.0. The number of rotatable bonds is 7. The zero-order valence-electron chi connectivity index (χ0n) is 14.0. The highest BCUT2D eigenvalue weighted by atomic mass is 16.5. The molecule has 1 fully saturated rings. The minimum atomic E-state index is 0.614. The molecule has 0 aromatic carbocycles. The van der Waals surface area contributed by atoms with Crippen molar-refractivity contribution in [2.45, 2.75) is 33.2 Å². The van der Waals surface area contributed by atoms with Gasteiger partial charge in [0.25, 0.3) is 0 Å². The summed E-state index contributed by atoms with van der Waals surface area (Å²) in [5.41, 5.74) is 0. The molecule has 0 saturated carbocycles. The molecule has 7 heteroatoms. The SMILES string of the molecule is CCOCC1CCN(C(=NC)NCCn2cnnc2CC)C1. The summed E-state index contributed by atoms with van der Waals surface area (Å²) >= 11 is 0. The van der Waals surface area contributed by atoms with Gasteiger partial charge < -0.3 is 19.5 Å². The molecule has 1 aliphatic rings. The van der Waals surface area contributed by atoms with Crippen molar-refractivity contribution in [3.05, 3.63) is 12.2 Å². The van der Waals surface area contributed by atoms with E-state index in [1.165, 1.54) is 6.42 Å². The minimum Gasteiger partial charge on any atom is -0.381 e. The maximum absolute atomic E-state index is 5.53. The fourth-order valence-electron chi connectivity index (χ4n) is 2.81. The number of likely N-dealkylation sites (tertiary alicyclic amines) is 1. The molecule has 1 aliphatic heterocycles. The Hall–Kier alpha value is -1.63. The fraction of sp³-hybridized carbons (Fsp3) is 0.800. The Labute approximate surface area is 132 Å². The van der Waals surface area contributed by atoms with Crippen molar-refractivity contribution in [2.75, 3.05) is 39.9 Å². The topological polar surface area (TPSA) is 67.6 Å². The summed E-state index contributed by atoms with van der Waals surface area (Å²) in [5, 5.41) is 11.5. The van der Waals surface area contributed by atoms with E-state index < -0.39 is 0 Å². The molecule has 1 aromatic rings. The Morgan fingerprint density at radius 1 is 1.50 bits per heavy atom. The summed E-state index contributed by atoms with van der Waals surface area (Å²) in [6.07, 6.45) is 3.86. The van der Waals surface area contributed by atoms with Gasteiger partial charge in [-0.25, -0.2) is 0 Å². The zero-order chi connectivity index (χ0) is 15.8. The third kappa shape index (κ3) is 4.43. The van der Waals surface area contributed by atoms with Crippen molar-refractivity contribution >= 4 is 5.96 Å². The van der Waals surface area contributed by atoms with Gasteiger partial charge in [0.05, 0.1) is 6.61 Å². The zero-order valence-corrected chi connectivity index (χ0v) is 14.0. The van der Waals surface area contributed by atoms with E-state index in [-0.39, 0.29) is 0 Å². The molecule has 1 aromatic heterocycles. The van der Waals surface area contributed by atoms with Crippen LogP contribution < -0.4 is 5.32 Å². The van der Waals surface area contributed by atoms with Crippen molar-refractivity contribution in [1.82, 2.24) is 25.0 Å². The number of guanidine groups is 1. The Balaban J connectivity index is 1.76. The van der Waals surface area contributed by atoms with Crippen LogP contribution in [0.1, 0.15) is 26.1 Å². The van der Waals surface area contributed by atoms with Crippen LogP contribution in [0, 0.1) is 5.92 Å². The van der Waals surface area contributed by atoms with Gasteiger partial charge >= 0.3 is 0 Å². The number of ether oxygens (including phenoxy) is 1. The maximum atomic E-state index is 5.53. The van der Waals surface area contributed by atoms with Crippen LogP contribution in [0.25, 0.3) is 0 Å². The van der Waals surface area contributed by atoms with Gasteiger partial charge in [-0.2, -0.15) is 0 Å². The first-order chi connectivity index (χ1) is 10.8. The van der Waals surface area contributed by atoms with E-state index in [0.29, 0.717) is 5.92 Å². The molecule has 0 radical (unpaired) electrons.